The van der Waals surface area contributed by atoms with E-state index in [9.17, 15) is 9.59 Å². The van der Waals surface area contributed by atoms with E-state index in [-0.39, 0.29) is 11.8 Å². The van der Waals surface area contributed by atoms with Gasteiger partial charge in [0.2, 0.25) is 0 Å². The van der Waals surface area contributed by atoms with Crippen molar-refractivity contribution < 1.29 is 9.59 Å². The molecule has 2 amide bonds. The van der Waals surface area contributed by atoms with Crippen LogP contribution in [0.1, 0.15) is 84.9 Å². The summed E-state index contributed by atoms with van der Waals surface area (Å²) in [4.78, 5) is 36.7. The Balaban J connectivity index is 1.08. The molecule has 4 heterocycles. The lowest BCUT2D eigenvalue weighted by molar-refractivity contribution is 0.0671. The fourth-order valence-corrected chi connectivity index (χ4v) is 7.59. The van der Waals surface area contributed by atoms with E-state index in [0.717, 1.165) is 63.2 Å². The SMILES string of the molecule is O=C(c1ccc(C(=O)N2CCC(CCN3CCCC3)CC2)c(Nc2ccccc2)c1)N1CCC(CCN2CCCC2)CC1. The maximum atomic E-state index is 13.8. The largest absolute Gasteiger partial charge is 0.355 e. The zero-order chi connectivity index (χ0) is 29.4. The zero-order valence-electron chi connectivity index (χ0n) is 26.0. The maximum Gasteiger partial charge on any atom is 0.255 e. The third-order valence-electron chi connectivity index (χ3n) is 10.5. The Labute approximate surface area is 258 Å². The molecule has 6 rings (SSSR count). The molecule has 0 atom stereocenters. The zero-order valence-corrected chi connectivity index (χ0v) is 26.0. The first kappa shape index (κ1) is 30.1. The van der Waals surface area contributed by atoms with Gasteiger partial charge in [-0.05, 0) is 146 Å². The van der Waals surface area contributed by atoms with Crippen LogP contribution in [0.15, 0.2) is 48.5 Å². The molecule has 4 aliphatic heterocycles. The smallest absolute Gasteiger partial charge is 0.255 e. The molecule has 4 aliphatic rings. The van der Waals surface area contributed by atoms with Gasteiger partial charge in [0.15, 0.2) is 0 Å². The van der Waals surface area contributed by atoms with Crippen LogP contribution < -0.4 is 5.32 Å². The average Bonchev–Trinajstić information content (AvgIpc) is 3.78. The molecule has 4 saturated heterocycles. The van der Waals surface area contributed by atoms with Gasteiger partial charge in [-0.25, -0.2) is 0 Å². The summed E-state index contributed by atoms with van der Waals surface area (Å²) in [5.41, 5.74) is 2.95. The predicted octanol–water partition coefficient (Wildman–Crippen LogP) is 6.11. The monoisotopic (exact) mass is 585 g/mol. The van der Waals surface area contributed by atoms with Crippen LogP contribution in [0.3, 0.4) is 0 Å². The van der Waals surface area contributed by atoms with E-state index in [0.29, 0.717) is 23.0 Å². The fraction of sp³-hybridized carbons (Fsp3) is 0.611. The van der Waals surface area contributed by atoms with Gasteiger partial charge in [0, 0.05) is 37.4 Å². The number of benzene rings is 2. The summed E-state index contributed by atoms with van der Waals surface area (Å²) in [6.07, 6.45) is 12.2. The van der Waals surface area contributed by atoms with Crippen LogP contribution in [0.5, 0.6) is 0 Å². The highest BCUT2D eigenvalue weighted by atomic mass is 16.2. The number of para-hydroxylation sites is 1. The van der Waals surface area contributed by atoms with Gasteiger partial charge in [0.05, 0.1) is 11.3 Å². The second-order valence-corrected chi connectivity index (χ2v) is 13.4. The van der Waals surface area contributed by atoms with Crippen LogP contribution in [0, 0.1) is 11.8 Å². The molecule has 0 aliphatic carbocycles. The summed E-state index contributed by atoms with van der Waals surface area (Å²) in [5, 5.41) is 3.47. The van der Waals surface area contributed by atoms with Crippen molar-refractivity contribution in [1.82, 2.24) is 19.6 Å². The molecule has 43 heavy (non-hydrogen) atoms. The van der Waals surface area contributed by atoms with Crippen LogP contribution >= 0.6 is 0 Å². The summed E-state index contributed by atoms with van der Waals surface area (Å²) in [5.74, 6) is 1.56. The molecule has 0 spiro atoms. The van der Waals surface area contributed by atoms with Gasteiger partial charge in [-0.15, -0.1) is 0 Å². The number of nitrogens with zero attached hydrogens (tertiary/aromatic N) is 4. The summed E-state index contributed by atoms with van der Waals surface area (Å²) in [6.45, 7) is 10.7. The van der Waals surface area contributed by atoms with Gasteiger partial charge in [0.25, 0.3) is 11.8 Å². The number of carbonyl (C=O) groups is 2. The van der Waals surface area contributed by atoms with Crippen molar-refractivity contribution in [2.24, 2.45) is 11.8 Å². The number of amides is 2. The standard InChI is InChI=1S/C36H51N5O2/c42-35(40-24-14-29(15-25-40)12-22-38-18-4-5-19-38)31-10-11-33(34(28-31)37-32-8-2-1-3-9-32)36(43)41-26-16-30(17-27-41)13-23-39-20-6-7-21-39/h1-3,8-11,28-30,37H,4-7,12-27H2. The Morgan fingerprint density at radius 3 is 1.67 bits per heavy atom. The number of hydrogen-bond donors (Lipinski definition) is 1. The molecule has 7 nitrogen and oxygen atoms in total. The molecule has 0 saturated carbocycles. The minimum Gasteiger partial charge on any atom is -0.355 e. The van der Waals surface area contributed by atoms with Crippen LogP contribution in [0.2, 0.25) is 0 Å². The van der Waals surface area contributed by atoms with Crippen molar-refractivity contribution in [3.63, 3.8) is 0 Å². The lowest BCUT2D eigenvalue weighted by Crippen LogP contribution is -2.40. The van der Waals surface area contributed by atoms with E-state index in [1.54, 1.807) is 0 Å². The van der Waals surface area contributed by atoms with E-state index >= 15 is 0 Å². The van der Waals surface area contributed by atoms with Crippen molar-refractivity contribution in [3.8, 4) is 0 Å². The van der Waals surface area contributed by atoms with Crippen molar-refractivity contribution >= 4 is 23.2 Å². The number of likely N-dealkylation sites (tertiary alicyclic amines) is 4. The molecule has 0 bridgehead atoms. The van der Waals surface area contributed by atoms with E-state index in [1.165, 1.54) is 77.8 Å². The Kier molecular flexibility index (Phi) is 10.3. The van der Waals surface area contributed by atoms with E-state index < -0.39 is 0 Å². The number of rotatable bonds is 10. The normalized spacial score (nSPS) is 21.0. The number of nitrogens with one attached hydrogen (secondary N) is 1. The molecule has 1 N–H and O–H groups in total. The molecular formula is C36H51N5O2. The lowest BCUT2D eigenvalue weighted by atomic mass is 9.92. The van der Waals surface area contributed by atoms with Gasteiger partial charge in [-0.2, -0.15) is 0 Å². The Morgan fingerprint density at radius 2 is 1.14 bits per heavy atom. The molecule has 0 aromatic heterocycles. The van der Waals surface area contributed by atoms with Crippen molar-refractivity contribution in [3.05, 3.63) is 59.7 Å². The average molecular weight is 586 g/mol. The van der Waals surface area contributed by atoms with Gasteiger partial charge >= 0.3 is 0 Å². The van der Waals surface area contributed by atoms with Gasteiger partial charge in [-0.3, -0.25) is 9.59 Å². The molecule has 7 heteroatoms. The first-order chi connectivity index (χ1) is 21.1. The molecule has 2 aromatic carbocycles. The lowest BCUT2D eigenvalue weighted by Gasteiger charge is -2.34. The molecular weight excluding hydrogens is 534 g/mol. The molecule has 232 valence electrons. The van der Waals surface area contributed by atoms with Crippen LogP contribution in [0.25, 0.3) is 0 Å². The Morgan fingerprint density at radius 1 is 0.628 bits per heavy atom. The van der Waals surface area contributed by atoms with E-state index in [1.807, 2.05) is 58.3 Å². The van der Waals surface area contributed by atoms with Crippen LogP contribution in [-0.4, -0.2) is 96.9 Å². The van der Waals surface area contributed by atoms with Gasteiger partial charge in [-0.1, -0.05) is 18.2 Å². The molecule has 0 unspecified atom stereocenters. The van der Waals surface area contributed by atoms with Gasteiger partial charge < -0.3 is 24.9 Å². The highest BCUT2D eigenvalue weighted by Crippen LogP contribution is 2.29. The number of anilines is 2. The van der Waals surface area contributed by atoms with Crippen molar-refractivity contribution in [2.45, 2.75) is 64.2 Å². The topological polar surface area (TPSA) is 59.1 Å². The van der Waals surface area contributed by atoms with Crippen molar-refractivity contribution in [1.29, 1.82) is 0 Å². The Bertz CT molecular complexity index is 1190. The predicted molar refractivity (Wildman–Crippen MR) is 174 cm³/mol. The van der Waals surface area contributed by atoms with E-state index in [2.05, 4.69) is 15.1 Å². The fourth-order valence-electron chi connectivity index (χ4n) is 7.59. The third kappa shape index (κ3) is 7.98. The summed E-state index contributed by atoms with van der Waals surface area (Å²) < 4.78 is 0. The third-order valence-corrected chi connectivity index (χ3v) is 10.5. The second-order valence-electron chi connectivity index (χ2n) is 13.4. The molecule has 2 aromatic rings. The van der Waals surface area contributed by atoms with E-state index in [4.69, 9.17) is 0 Å². The highest BCUT2D eigenvalue weighted by Gasteiger charge is 2.28. The first-order valence-corrected chi connectivity index (χ1v) is 17.1. The number of hydrogen-bond acceptors (Lipinski definition) is 5. The highest BCUT2D eigenvalue weighted by molar-refractivity contribution is 6.03. The summed E-state index contributed by atoms with van der Waals surface area (Å²) >= 11 is 0. The minimum atomic E-state index is 0.0641. The number of carbonyl (C=O) groups excluding carboxylic acids is 2. The first-order valence-electron chi connectivity index (χ1n) is 17.1. The quantitative estimate of drug-likeness (QED) is 0.365. The minimum absolute atomic E-state index is 0.0641. The summed E-state index contributed by atoms with van der Waals surface area (Å²) in [7, 11) is 0. The summed E-state index contributed by atoms with van der Waals surface area (Å²) in [6, 6.07) is 15.6. The second kappa shape index (κ2) is 14.7. The van der Waals surface area contributed by atoms with Crippen molar-refractivity contribution in [2.75, 3.05) is 70.8 Å². The maximum absolute atomic E-state index is 13.8. The Hall–Kier alpha value is -2.90. The number of piperidine rings is 2. The molecule has 4 fully saturated rings. The molecule has 0 radical (unpaired) electrons. The van der Waals surface area contributed by atoms with Crippen LogP contribution in [-0.2, 0) is 0 Å². The van der Waals surface area contributed by atoms with Crippen LogP contribution in [0.4, 0.5) is 11.4 Å². The van der Waals surface area contributed by atoms with Gasteiger partial charge in [0.1, 0.15) is 0 Å².